The van der Waals surface area contributed by atoms with Crippen LogP contribution in [0, 0.1) is 0 Å². The van der Waals surface area contributed by atoms with Crippen LogP contribution in [0.1, 0.15) is 45.9 Å². The molecule has 0 radical (unpaired) electrons. The number of aromatic nitrogens is 1. The zero-order valence-corrected chi connectivity index (χ0v) is 16.6. The molecule has 2 N–H and O–H groups in total. The molecule has 0 aliphatic heterocycles. The van der Waals surface area contributed by atoms with Gasteiger partial charge in [-0.25, -0.2) is 0 Å². The Morgan fingerprint density at radius 2 is 1.93 bits per heavy atom. The molecule has 1 aromatic carbocycles. The minimum atomic E-state index is -0.174. The van der Waals surface area contributed by atoms with Crippen LogP contribution in [-0.2, 0) is 17.8 Å². The first-order valence-electron chi connectivity index (χ1n) is 9.78. The summed E-state index contributed by atoms with van der Waals surface area (Å²) in [6.45, 7) is 1.86. The number of hydrogen-bond donors (Lipinski definition) is 2. The molecule has 6 nitrogen and oxygen atoms in total. The van der Waals surface area contributed by atoms with Gasteiger partial charge >= 0.3 is 0 Å². The highest BCUT2D eigenvalue weighted by molar-refractivity contribution is 5.94. The molecular weight excluding hydrogens is 352 g/mol. The summed E-state index contributed by atoms with van der Waals surface area (Å²) in [4.78, 5) is 31.2. The summed E-state index contributed by atoms with van der Waals surface area (Å²) in [7, 11) is 3.94. The van der Waals surface area contributed by atoms with Gasteiger partial charge in [0.25, 0.3) is 5.91 Å². The Hall–Kier alpha value is -2.73. The van der Waals surface area contributed by atoms with Gasteiger partial charge in [-0.05, 0) is 62.7 Å². The number of hydrogen-bond acceptors (Lipinski definition) is 4. The summed E-state index contributed by atoms with van der Waals surface area (Å²) in [6.07, 6.45) is 4.59. The van der Waals surface area contributed by atoms with Crippen molar-refractivity contribution in [2.75, 3.05) is 27.2 Å². The number of nitrogens with zero attached hydrogens (tertiary/aromatic N) is 2. The third kappa shape index (κ3) is 5.16. The van der Waals surface area contributed by atoms with Crippen molar-refractivity contribution in [1.29, 1.82) is 0 Å². The van der Waals surface area contributed by atoms with E-state index in [4.69, 9.17) is 0 Å². The van der Waals surface area contributed by atoms with Crippen LogP contribution in [0.2, 0.25) is 0 Å². The van der Waals surface area contributed by atoms with E-state index in [1.54, 1.807) is 18.3 Å². The van der Waals surface area contributed by atoms with E-state index in [2.05, 4.69) is 21.7 Å². The summed E-state index contributed by atoms with van der Waals surface area (Å²) >= 11 is 0. The highest BCUT2D eigenvalue weighted by Gasteiger charge is 2.27. The fraction of sp³-hybridized carbons (Fsp3) is 0.409. The lowest BCUT2D eigenvalue weighted by molar-refractivity contribution is -0.123. The van der Waals surface area contributed by atoms with Gasteiger partial charge in [-0.15, -0.1) is 0 Å². The maximum Gasteiger partial charge on any atom is 0.251 e. The molecule has 0 saturated carbocycles. The van der Waals surface area contributed by atoms with Crippen molar-refractivity contribution >= 4 is 11.8 Å². The molecule has 1 atom stereocenters. The molecule has 1 aromatic heterocycles. The topological polar surface area (TPSA) is 74.3 Å². The summed E-state index contributed by atoms with van der Waals surface area (Å²) in [5.41, 5.74) is 3.68. The van der Waals surface area contributed by atoms with Gasteiger partial charge in [-0.1, -0.05) is 18.2 Å². The van der Waals surface area contributed by atoms with Crippen LogP contribution >= 0.6 is 0 Å². The average molecular weight is 380 g/mol. The highest BCUT2D eigenvalue weighted by atomic mass is 16.2. The molecule has 0 saturated heterocycles. The van der Waals surface area contributed by atoms with E-state index < -0.39 is 0 Å². The molecule has 28 heavy (non-hydrogen) atoms. The number of fused-ring (bicyclic) bond motifs is 1. The third-order valence-electron chi connectivity index (χ3n) is 5.04. The Balaban J connectivity index is 1.53. The summed E-state index contributed by atoms with van der Waals surface area (Å²) in [6, 6.07) is 11.3. The van der Waals surface area contributed by atoms with Crippen molar-refractivity contribution < 1.29 is 9.59 Å². The number of nitrogens with one attached hydrogen (secondary N) is 2. The number of carbonyl (C=O) groups is 2. The lowest BCUT2D eigenvalue weighted by atomic mass is 9.86. The van der Waals surface area contributed by atoms with Crippen LogP contribution < -0.4 is 10.6 Å². The normalized spacial score (nSPS) is 15.8. The van der Waals surface area contributed by atoms with Gasteiger partial charge in [0.1, 0.15) is 0 Å². The van der Waals surface area contributed by atoms with Crippen LogP contribution in [0.15, 0.2) is 42.6 Å². The molecule has 2 aromatic rings. The highest BCUT2D eigenvalue weighted by Crippen LogP contribution is 2.29. The predicted molar refractivity (Wildman–Crippen MR) is 109 cm³/mol. The summed E-state index contributed by atoms with van der Waals surface area (Å²) in [5, 5.41) is 5.92. The molecule has 0 bridgehead atoms. The van der Waals surface area contributed by atoms with Gasteiger partial charge < -0.3 is 15.5 Å². The van der Waals surface area contributed by atoms with Gasteiger partial charge in [0.2, 0.25) is 5.91 Å². The number of pyridine rings is 1. The van der Waals surface area contributed by atoms with E-state index >= 15 is 0 Å². The molecule has 6 heteroatoms. The van der Waals surface area contributed by atoms with Gasteiger partial charge in [-0.2, -0.15) is 0 Å². The summed E-state index contributed by atoms with van der Waals surface area (Å²) in [5.74, 6) is -0.237. The third-order valence-corrected chi connectivity index (χ3v) is 5.04. The van der Waals surface area contributed by atoms with Crippen LogP contribution in [0.3, 0.4) is 0 Å². The molecule has 1 aliphatic rings. The minimum Gasteiger partial charge on any atom is -0.351 e. The Labute approximate surface area is 166 Å². The van der Waals surface area contributed by atoms with E-state index in [1.165, 1.54) is 5.56 Å². The summed E-state index contributed by atoms with van der Waals surface area (Å²) < 4.78 is 0. The number of aryl methyl sites for hydroxylation is 1. The standard InChI is InChI=1S/C22H28N4O2/c1-26(2)14-13-24-21(27)18-10-8-16(9-11-18)15-25-22(28)19-7-3-5-17-6-4-12-23-20(17)19/h4,6,8-12,19H,3,5,7,13-15H2,1-2H3,(H,24,27)(H,25,28). The van der Waals surface area contributed by atoms with Gasteiger partial charge in [-0.3, -0.25) is 14.6 Å². The molecule has 3 rings (SSSR count). The average Bonchev–Trinajstić information content (AvgIpc) is 2.71. The van der Waals surface area contributed by atoms with Crippen molar-refractivity contribution in [2.24, 2.45) is 0 Å². The zero-order valence-electron chi connectivity index (χ0n) is 16.6. The minimum absolute atomic E-state index is 0.0187. The van der Waals surface area contributed by atoms with E-state index in [1.807, 2.05) is 37.2 Å². The fourth-order valence-corrected chi connectivity index (χ4v) is 3.45. The first kappa shape index (κ1) is 20.0. The number of likely N-dealkylation sites (N-methyl/N-ethyl adjacent to an activating group) is 1. The molecule has 0 fully saturated rings. The molecule has 1 heterocycles. The van der Waals surface area contributed by atoms with Crippen LogP contribution in [0.25, 0.3) is 0 Å². The van der Waals surface area contributed by atoms with Crippen molar-refractivity contribution in [2.45, 2.75) is 31.7 Å². The van der Waals surface area contributed by atoms with Gasteiger partial charge in [0.05, 0.1) is 11.6 Å². The Kier molecular flexibility index (Phi) is 6.76. The second-order valence-electron chi connectivity index (χ2n) is 7.47. The molecule has 2 amide bonds. The van der Waals surface area contributed by atoms with E-state index in [9.17, 15) is 9.59 Å². The smallest absolute Gasteiger partial charge is 0.251 e. The van der Waals surface area contributed by atoms with Crippen LogP contribution in [0.5, 0.6) is 0 Å². The zero-order chi connectivity index (χ0) is 19.9. The largest absolute Gasteiger partial charge is 0.351 e. The SMILES string of the molecule is CN(C)CCNC(=O)c1ccc(CNC(=O)C2CCCc3cccnc32)cc1. The molecular formula is C22H28N4O2. The molecule has 1 unspecified atom stereocenters. The second kappa shape index (κ2) is 9.46. The Morgan fingerprint density at radius 3 is 2.68 bits per heavy atom. The van der Waals surface area contributed by atoms with E-state index in [0.29, 0.717) is 18.7 Å². The number of amides is 2. The predicted octanol–water partition coefficient (Wildman–Crippen LogP) is 2.11. The quantitative estimate of drug-likeness (QED) is 0.772. The first-order chi connectivity index (χ1) is 13.5. The lowest BCUT2D eigenvalue weighted by Crippen LogP contribution is -2.32. The maximum atomic E-state index is 12.7. The number of rotatable bonds is 7. The molecule has 148 valence electrons. The van der Waals surface area contributed by atoms with Crippen LogP contribution in [0.4, 0.5) is 0 Å². The molecule has 1 aliphatic carbocycles. The van der Waals surface area contributed by atoms with Gasteiger partial charge in [0.15, 0.2) is 0 Å². The van der Waals surface area contributed by atoms with Gasteiger partial charge in [0, 0.05) is 31.4 Å². The van der Waals surface area contributed by atoms with E-state index in [-0.39, 0.29) is 17.7 Å². The van der Waals surface area contributed by atoms with Crippen LogP contribution in [-0.4, -0.2) is 48.9 Å². The van der Waals surface area contributed by atoms with Crippen molar-refractivity contribution in [3.63, 3.8) is 0 Å². The van der Waals surface area contributed by atoms with Crippen molar-refractivity contribution in [1.82, 2.24) is 20.5 Å². The number of benzene rings is 1. The second-order valence-corrected chi connectivity index (χ2v) is 7.47. The lowest BCUT2D eigenvalue weighted by Gasteiger charge is -2.23. The fourth-order valence-electron chi connectivity index (χ4n) is 3.45. The Bertz CT molecular complexity index is 818. The van der Waals surface area contributed by atoms with Crippen molar-refractivity contribution in [3.8, 4) is 0 Å². The monoisotopic (exact) mass is 380 g/mol. The first-order valence-corrected chi connectivity index (χ1v) is 9.78. The maximum absolute atomic E-state index is 12.7. The number of carbonyl (C=O) groups excluding carboxylic acids is 2. The molecule has 0 spiro atoms. The van der Waals surface area contributed by atoms with E-state index in [0.717, 1.165) is 37.1 Å². The Morgan fingerprint density at radius 1 is 1.14 bits per heavy atom. The van der Waals surface area contributed by atoms with Crippen molar-refractivity contribution in [3.05, 3.63) is 65.0 Å².